The maximum atomic E-state index is 5.74. The van der Waals surface area contributed by atoms with Crippen molar-refractivity contribution in [2.45, 2.75) is 45.7 Å². The molecular weight excluding hydrogens is 386 g/mol. The summed E-state index contributed by atoms with van der Waals surface area (Å²) in [4.78, 5) is 11.5. The summed E-state index contributed by atoms with van der Waals surface area (Å²) in [7, 11) is 0. The van der Waals surface area contributed by atoms with Gasteiger partial charge >= 0.3 is 0 Å². The maximum absolute atomic E-state index is 5.74. The summed E-state index contributed by atoms with van der Waals surface area (Å²) in [6.07, 6.45) is 5.95. The molecular formula is C21H25N5S2. The van der Waals surface area contributed by atoms with Crippen LogP contribution in [0.25, 0.3) is 5.13 Å². The van der Waals surface area contributed by atoms with Gasteiger partial charge in [-0.25, -0.2) is 4.98 Å². The molecule has 2 atom stereocenters. The number of hydrogen-bond donors (Lipinski definition) is 1. The van der Waals surface area contributed by atoms with Gasteiger partial charge in [-0.1, -0.05) is 19.4 Å². The zero-order valence-electron chi connectivity index (χ0n) is 16.4. The Kier molecular flexibility index (Phi) is 5.46. The third kappa shape index (κ3) is 3.33. The second-order valence-corrected chi connectivity index (χ2v) is 8.41. The van der Waals surface area contributed by atoms with Crippen LogP contribution in [0.15, 0.2) is 42.0 Å². The monoisotopic (exact) mass is 411 g/mol. The van der Waals surface area contributed by atoms with Crippen molar-refractivity contribution in [3.05, 3.63) is 64.7 Å². The maximum Gasteiger partial charge on any atom is 0.193 e. The number of aromatic nitrogens is 3. The molecule has 146 valence electrons. The molecule has 1 aliphatic rings. The molecule has 1 saturated heterocycles. The first-order valence-electron chi connectivity index (χ1n) is 9.68. The summed E-state index contributed by atoms with van der Waals surface area (Å²) in [5.74, 6) is 0. The molecule has 0 aromatic carbocycles. The van der Waals surface area contributed by atoms with Crippen molar-refractivity contribution in [3.8, 4) is 5.13 Å². The number of nitrogens with zero attached hydrogens (tertiary/aromatic N) is 4. The van der Waals surface area contributed by atoms with Crippen LogP contribution in [0.5, 0.6) is 0 Å². The average Bonchev–Trinajstić information content (AvgIpc) is 3.39. The standard InChI is InChI=1S/C21H25N5S2/c1-4-5-11-25-19(18(24-20(25)27)17-8-6-7-9-22-17)16-13-14(2)26(15(16)3)21-23-10-12-28-21/h6-10,12-13,18-19H,4-5,11H2,1-3H3,(H,24,27). The lowest BCUT2D eigenvalue weighted by Crippen LogP contribution is -2.30. The Bertz CT molecular complexity index is 949. The summed E-state index contributed by atoms with van der Waals surface area (Å²) >= 11 is 7.40. The van der Waals surface area contributed by atoms with E-state index in [0.29, 0.717) is 0 Å². The number of thiazole rings is 1. The van der Waals surface area contributed by atoms with Crippen LogP contribution in [0.4, 0.5) is 0 Å². The normalized spacial score (nSPS) is 19.2. The third-order valence-corrected chi connectivity index (χ3v) is 6.46. The summed E-state index contributed by atoms with van der Waals surface area (Å²) in [5, 5.41) is 7.38. The van der Waals surface area contributed by atoms with E-state index in [0.717, 1.165) is 35.3 Å². The molecule has 0 aliphatic carbocycles. The lowest BCUT2D eigenvalue weighted by Gasteiger charge is -2.28. The van der Waals surface area contributed by atoms with Crippen LogP contribution in [0.2, 0.25) is 0 Å². The smallest absolute Gasteiger partial charge is 0.193 e. The number of unbranched alkanes of at least 4 members (excludes halogenated alkanes) is 1. The van der Waals surface area contributed by atoms with E-state index in [1.54, 1.807) is 11.3 Å². The number of thiocarbonyl (C=S) groups is 1. The number of nitrogens with one attached hydrogen (secondary N) is 1. The van der Waals surface area contributed by atoms with E-state index in [4.69, 9.17) is 12.2 Å². The predicted molar refractivity (Wildman–Crippen MR) is 118 cm³/mol. The first-order valence-corrected chi connectivity index (χ1v) is 11.0. The summed E-state index contributed by atoms with van der Waals surface area (Å²) < 4.78 is 2.24. The minimum atomic E-state index is 0.0378. The summed E-state index contributed by atoms with van der Waals surface area (Å²) in [6.45, 7) is 7.48. The highest BCUT2D eigenvalue weighted by molar-refractivity contribution is 7.80. The minimum absolute atomic E-state index is 0.0378. The number of hydrogen-bond acceptors (Lipinski definition) is 4. The van der Waals surface area contributed by atoms with Gasteiger partial charge in [0.1, 0.15) is 0 Å². The van der Waals surface area contributed by atoms with E-state index in [1.807, 2.05) is 29.9 Å². The molecule has 5 nitrogen and oxygen atoms in total. The van der Waals surface area contributed by atoms with Crippen LogP contribution in [-0.2, 0) is 0 Å². The number of aryl methyl sites for hydroxylation is 1. The molecule has 3 aromatic rings. The second kappa shape index (κ2) is 8.01. The topological polar surface area (TPSA) is 46.0 Å². The van der Waals surface area contributed by atoms with Crippen molar-refractivity contribution in [1.29, 1.82) is 0 Å². The highest BCUT2D eigenvalue weighted by atomic mass is 32.1. The van der Waals surface area contributed by atoms with Gasteiger partial charge in [0.2, 0.25) is 0 Å². The van der Waals surface area contributed by atoms with Gasteiger partial charge in [0.15, 0.2) is 10.2 Å². The molecule has 1 fully saturated rings. The van der Waals surface area contributed by atoms with Crippen LogP contribution in [0.3, 0.4) is 0 Å². The fraction of sp³-hybridized carbons (Fsp3) is 0.381. The van der Waals surface area contributed by atoms with Gasteiger partial charge in [-0.15, -0.1) is 11.3 Å². The summed E-state index contributed by atoms with van der Waals surface area (Å²) in [5.41, 5.74) is 4.71. The zero-order chi connectivity index (χ0) is 19.7. The van der Waals surface area contributed by atoms with Crippen molar-refractivity contribution < 1.29 is 0 Å². The Labute approximate surface area is 175 Å². The van der Waals surface area contributed by atoms with E-state index in [-0.39, 0.29) is 12.1 Å². The Morgan fingerprint density at radius 3 is 2.75 bits per heavy atom. The quantitative estimate of drug-likeness (QED) is 0.595. The molecule has 7 heteroatoms. The molecule has 2 unspecified atom stereocenters. The van der Waals surface area contributed by atoms with Gasteiger partial charge in [-0.05, 0) is 56.2 Å². The van der Waals surface area contributed by atoms with Crippen LogP contribution >= 0.6 is 23.6 Å². The van der Waals surface area contributed by atoms with Gasteiger partial charge < -0.3 is 10.2 Å². The Morgan fingerprint density at radius 1 is 1.21 bits per heavy atom. The van der Waals surface area contributed by atoms with E-state index in [2.05, 4.69) is 57.7 Å². The van der Waals surface area contributed by atoms with Gasteiger partial charge in [0, 0.05) is 35.7 Å². The fourth-order valence-electron chi connectivity index (χ4n) is 4.02. The largest absolute Gasteiger partial charge is 0.352 e. The first-order chi connectivity index (χ1) is 13.6. The number of rotatable bonds is 6. The van der Waals surface area contributed by atoms with Gasteiger partial charge in [-0.2, -0.15) is 0 Å². The molecule has 3 aromatic heterocycles. The molecule has 1 aliphatic heterocycles. The van der Waals surface area contributed by atoms with Crippen LogP contribution < -0.4 is 5.32 Å². The third-order valence-electron chi connectivity index (χ3n) is 5.35. The molecule has 0 saturated carbocycles. The molecule has 0 spiro atoms. The fourth-order valence-corrected chi connectivity index (χ4v) is 5.10. The molecule has 4 rings (SSSR count). The Morgan fingerprint density at radius 2 is 2.07 bits per heavy atom. The Hall–Kier alpha value is -2.25. The SMILES string of the molecule is CCCCN1C(=S)NC(c2ccccn2)C1c1cc(C)n(-c2nccs2)c1C. The molecule has 28 heavy (non-hydrogen) atoms. The average molecular weight is 412 g/mol. The molecule has 0 radical (unpaired) electrons. The van der Waals surface area contributed by atoms with Gasteiger partial charge in [0.25, 0.3) is 0 Å². The summed E-state index contributed by atoms with van der Waals surface area (Å²) in [6, 6.07) is 8.51. The Balaban J connectivity index is 1.81. The van der Waals surface area contributed by atoms with Crippen molar-refractivity contribution in [3.63, 3.8) is 0 Å². The van der Waals surface area contributed by atoms with Crippen molar-refractivity contribution in [1.82, 2.24) is 24.8 Å². The van der Waals surface area contributed by atoms with Gasteiger partial charge in [-0.3, -0.25) is 9.55 Å². The van der Waals surface area contributed by atoms with E-state index in [1.165, 1.54) is 17.0 Å². The number of pyridine rings is 1. The van der Waals surface area contributed by atoms with Crippen LogP contribution in [0.1, 0.15) is 54.5 Å². The minimum Gasteiger partial charge on any atom is -0.352 e. The van der Waals surface area contributed by atoms with E-state index >= 15 is 0 Å². The first kappa shape index (κ1) is 19.1. The van der Waals surface area contributed by atoms with E-state index in [9.17, 15) is 0 Å². The second-order valence-electron chi connectivity index (χ2n) is 7.15. The predicted octanol–water partition coefficient (Wildman–Crippen LogP) is 4.72. The van der Waals surface area contributed by atoms with Crippen LogP contribution in [-0.4, -0.2) is 31.1 Å². The van der Waals surface area contributed by atoms with Crippen molar-refractivity contribution >= 4 is 28.7 Å². The molecule has 1 N–H and O–H groups in total. The van der Waals surface area contributed by atoms with Crippen molar-refractivity contribution in [2.75, 3.05) is 6.54 Å². The van der Waals surface area contributed by atoms with E-state index < -0.39 is 0 Å². The highest BCUT2D eigenvalue weighted by Gasteiger charge is 2.41. The molecule has 4 heterocycles. The van der Waals surface area contributed by atoms with Crippen molar-refractivity contribution in [2.24, 2.45) is 0 Å². The van der Waals surface area contributed by atoms with Gasteiger partial charge in [0.05, 0.1) is 17.8 Å². The molecule has 0 bridgehead atoms. The lowest BCUT2D eigenvalue weighted by molar-refractivity contribution is 0.312. The highest BCUT2D eigenvalue weighted by Crippen LogP contribution is 2.41. The lowest BCUT2D eigenvalue weighted by atomic mass is 9.96. The molecule has 0 amide bonds. The van der Waals surface area contributed by atoms with Crippen LogP contribution in [0, 0.1) is 13.8 Å². The zero-order valence-corrected chi connectivity index (χ0v) is 18.1.